The summed E-state index contributed by atoms with van der Waals surface area (Å²) in [5.74, 6) is 0.821. The normalized spacial score (nSPS) is 20.0. The van der Waals surface area contributed by atoms with Gasteiger partial charge in [-0.1, -0.05) is 18.6 Å². The summed E-state index contributed by atoms with van der Waals surface area (Å²) in [6.07, 6.45) is 5.40. The molecule has 1 spiro atoms. The molecule has 1 aliphatic heterocycles. The minimum atomic E-state index is -0.188. The van der Waals surface area contributed by atoms with Gasteiger partial charge in [-0.3, -0.25) is 4.99 Å². The minimum Gasteiger partial charge on any atom is -0.357 e. The Bertz CT molecular complexity index is 616. The van der Waals surface area contributed by atoms with Crippen LogP contribution in [0, 0.1) is 11.2 Å². The maximum absolute atomic E-state index is 13.6. The molecule has 1 unspecified atom stereocenters. The van der Waals surface area contributed by atoms with Crippen molar-refractivity contribution in [3.8, 4) is 0 Å². The number of benzene rings is 1. The highest BCUT2D eigenvalue weighted by Crippen LogP contribution is 2.47. The van der Waals surface area contributed by atoms with Crippen LogP contribution >= 0.6 is 24.0 Å². The van der Waals surface area contributed by atoms with Gasteiger partial charge in [0.25, 0.3) is 0 Å². The minimum absolute atomic E-state index is 0. The Morgan fingerprint density at radius 3 is 2.65 bits per heavy atom. The van der Waals surface area contributed by atoms with Crippen LogP contribution in [0.3, 0.4) is 0 Å². The molecule has 4 nitrogen and oxygen atoms in total. The van der Waals surface area contributed by atoms with E-state index >= 15 is 0 Å². The molecule has 6 heteroatoms. The SMILES string of the molecule is CCNC(=NCC(c1cccc(F)c1)N(C)C)N1CCC2(CCC2)C1.I. The van der Waals surface area contributed by atoms with E-state index in [1.54, 1.807) is 12.1 Å². The van der Waals surface area contributed by atoms with Crippen LogP contribution in [0.1, 0.15) is 44.2 Å². The predicted octanol–water partition coefficient (Wildman–Crippen LogP) is 3.89. The van der Waals surface area contributed by atoms with Crippen LogP contribution in [0.5, 0.6) is 0 Å². The Morgan fingerprint density at radius 2 is 2.12 bits per heavy atom. The predicted molar refractivity (Wildman–Crippen MR) is 117 cm³/mol. The second kappa shape index (κ2) is 9.35. The highest BCUT2D eigenvalue weighted by Gasteiger charge is 2.43. The molecule has 0 aromatic heterocycles. The summed E-state index contributed by atoms with van der Waals surface area (Å²) in [6.45, 7) is 5.84. The zero-order chi connectivity index (χ0) is 17.9. The number of aliphatic imine (C=N–C) groups is 1. The quantitative estimate of drug-likeness (QED) is 0.399. The molecule has 1 heterocycles. The number of likely N-dealkylation sites (N-methyl/N-ethyl adjacent to an activating group) is 1. The molecule has 2 fully saturated rings. The average molecular weight is 474 g/mol. The van der Waals surface area contributed by atoms with E-state index in [2.05, 4.69) is 22.0 Å². The Kier molecular flexibility index (Phi) is 7.70. The molecular formula is C20H32FIN4. The standard InChI is InChI=1S/C20H31FN4.HI/c1-4-22-19(25-12-11-20(15-25)9-6-10-20)23-14-18(24(2)3)16-7-5-8-17(21)13-16;/h5,7-8,13,18H,4,6,9-12,14-15H2,1-3H3,(H,22,23);1H. The molecule has 0 bridgehead atoms. The molecule has 1 saturated carbocycles. The first kappa shape index (κ1) is 21.4. The second-order valence-electron chi connectivity index (χ2n) is 7.75. The molecule has 1 aliphatic carbocycles. The van der Waals surface area contributed by atoms with Gasteiger partial charge in [0.05, 0.1) is 12.6 Å². The molecule has 2 aliphatic rings. The van der Waals surface area contributed by atoms with E-state index < -0.39 is 0 Å². The summed E-state index contributed by atoms with van der Waals surface area (Å²) in [5, 5.41) is 3.45. The van der Waals surface area contributed by atoms with Gasteiger partial charge in [-0.05, 0) is 63.4 Å². The monoisotopic (exact) mass is 474 g/mol. The Labute approximate surface area is 174 Å². The zero-order valence-corrected chi connectivity index (χ0v) is 18.5. The number of halogens is 2. The lowest BCUT2D eigenvalue weighted by Crippen LogP contribution is -2.43. The van der Waals surface area contributed by atoms with Crippen LogP contribution in [-0.2, 0) is 0 Å². The molecule has 0 amide bonds. The fraction of sp³-hybridized carbons (Fsp3) is 0.650. The van der Waals surface area contributed by atoms with Crippen molar-refractivity contribution in [2.24, 2.45) is 10.4 Å². The van der Waals surface area contributed by atoms with Crippen LogP contribution in [0.15, 0.2) is 29.3 Å². The lowest BCUT2D eigenvalue weighted by Gasteiger charge is -2.38. The summed E-state index contributed by atoms with van der Waals surface area (Å²) in [6, 6.07) is 6.94. The van der Waals surface area contributed by atoms with Crippen molar-refractivity contribution >= 4 is 29.9 Å². The molecule has 146 valence electrons. The van der Waals surface area contributed by atoms with Crippen molar-refractivity contribution in [2.45, 2.75) is 38.6 Å². The van der Waals surface area contributed by atoms with Crippen molar-refractivity contribution < 1.29 is 4.39 Å². The number of likely N-dealkylation sites (tertiary alicyclic amines) is 1. The molecule has 0 radical (unpaired) electrons. The first-order chi connectivity index (χ1) is 12.0. The van der Waals surface area contributed by atoms with E-state index in [1.807, 2.05) is 20.2 Å². The molecule has 3 rings (SSSR count). The van der Waals surface area contributed by atoms with Crippen LogP contribution < -0.4 is 5.32 Å². The molecule has 1 N–H and O–H groups in total. The van der Waals surface area contributed by atoms with E-state index in [-0.39, 0.29) is 35.8 Å². The van der Waals surface area contributed by atoms with E-state index in [1.165, 1.54) is 31.7 Å². The third kappa shape index (κ3) is 4.88. The van der Waals surface area contributed by atoms with Crippen molar-refractivity contribution in [3.05, 3.63) is 35.6 Å². The number of hydrogen-bond donors (Lipinski definition) is 1. The molecular weight excluding hydrogens is 442 g/mol. The average Bonchev–Trinajstić information content (AvgIpc) is 2.99. The number of nitrogens with zero attached hydrogens (tertiary/aromatic N) is 3. The largest absolute Gasteiger partial charge is 0.357 e. The first-order valence-electron chi connectivity index (χ1n) is 9.48. The zero-order valence-electron chi connectivity index (χ0n) is 16.2. The summed E-state index contributed by atoms with van der Waals surface area (Å²) in [4.78, 5) is 9.44. The van der Waals surface area contributed by atoms with Gasteiger partial charge in [-0.25, -0.2) is 4.39 Å². The van der Waals surface area contributed by atoms with Crippen molar-refractivity contribution in [1.29, 1.82) is 0 Å². The first-order valence-corrected chi connectivity index (χ1v) is 9.48. The molecule has 1 aromatic carbocycles. The smallest absolute Gasteiger partial charge is 0.194 e. The van der Waals surface area contributed by atoms with E-state index in [0.29, 0.717) is 12.0 Å². The van der Waals surface area contributed by atoms with E-state index in [4.69, 9.17) is 4.99 Å². The van der Waals surface area contributed by atoms with E-state index in [0.717, 1.165) is 31.2 Å². The lowest BCUT2D eigenvalue weighted by molar-refractivity contribution is 0.151. The van der Waals surface area contributed by atoms with Gasteiger partial charge >= 0.3 is 0 Å². The van der Waals surface area contributed by atoms with Gasteiger partial charge in [0, 0.05) is 19.6 Å². The Balaban J connectivity index is 0.00000243. The summed E-state index contributed by atoms with van der Waals surface area (Å²) < 4.78 is 13.6. The number of nitrogens with one attached hydrogen (secondary N) is 1. The summed E-state index contributed by atoms with van der Waals surface area (Å²) >= 11 is 0. The fourth-order valence-corrected chi connectivity index (χ4v) is 4.08. The van der Waals surface area contributed by atoms with Crippen molar-refractivity contribution in [2.75, 3.05) is 40.3 Å². The third-order valence-electron chi connectivity index (χ3n) is 5.76. The van der Waals surface area contributed by atoms with Gasteiger partial charge in [-0.15, -0.1) is 24.0 Å². The highest BCUT2D eigenvalue weighted by molar-refractivity contribution is 14.0. The van der Waals surface area contributed by atoms with E-state index in [9.17, 15) is 4.39 Å². The molecule has 1 saturated heterocycles. The van der Waals surface area contributed by atoms with Crippen LogP contribution in [0.25, 0.3) is 0 Å². The summed E-state index contributed by atoms with van der Waals surface area (Å²) in [7, 11) is 4.05. The topological polar surface area (TPSA) is 30.9 Å². The van der Waals surface area contributed by atoms with Gasteiger partial charge in [0.1, 0.15) is 5.82 Å². The summed E-state index contributed by atoms with van der Waals surface area (Å²) in [5.41, 5.74) is 1.53. The number of guanidine groups is 1. The maximum atomic E-state index is 13.6. The fourth-order valence-electron chi connectivity index (χ4n) is 4.08. The molecule has 1 aromatic rings. The molecule has 1 atom stereocenters. The van der Waals surface area contributed by atoms with Gasteiger partial charge in [-0.2, -0.15) is 0 Å². The lowest BCUT2D eigenvalue weighted by atomic mass is 9.68. The highest BCUT2D eigenvalue weighted by atomic mass is 127. The van der Waals surface area contributed by atoms with Gasteiger partial charge in [0.2, 0.25) is 0 Å². The Hall–Kier alpha value is -0.890. The maximum Gasteiger partial charge on any atom is 0.194 e. The van der Waals surface area contributed by atoms with Crippen LogP contribution in [-0.4, -0.2) is 56.0 Å². The van der Waals surface area contributed by atoms with Crippen molar-refractivity contribution in [1.82, 2.24) is 15.1 Å². The third-order valence-corrected chi connectivity index (χ3v) is 5.76. The van der Waals surface area contributed by atoms with Gasteiger partial charge < -0.3 is 15.1 Å². The second-order valence-corrected chi connectivity index (χ2v) is 7.75. The number of rotatable bonds is 5. The van der Waals surface area contributed by atoms with Crippen LogP contribution in [0.4, 0.5) is 4.39 Å². The van der Waals surface area contributed by atoms with Gasteiger partial charge in [0.15, 0.2) is 5.96 Å². The number of hydrogen-bond acceptors (Lipinski definition) is 2. The van der Waals surface area contributed by atoms with Crippen molar-refractivity contribution in [3.63, 3.8) is 0 Å². The molecule has 26 heavy (non-hydrogen) atoms. The van der Waals surface area contributed by atoms with Crippen LogP contribution in [0.2, 0.25) is 0 Å². The Morgan fingerprint density at radius 1 is 1.35 bits per heavy atom.